The lowest BCUT2D eigenvalue weighted by atomic mass is 9.95. The summed E-state index contributed by atoms with van der Waals surface area (Å²) in [5.74, 6) is -0.316. The second kappa shape index (κ2) is 10.0. The molecule has 4 aromatic rings. The molecule has 2 aliphatic heterocycles. The molecule has 4 heterocycles. The number of nitrogens with one attached hydrogen (secondary N) is 1. The molecule has 3 N–H and O–H groups in total. The number of aliphatic hydroxyl groups excluding tert-OH is 1. The Hall–Kier alpha value is -4.44. The SMILES string of the molecule is Cc1nn(-c2ccccc2)c2ncc(C3(O)N=CNC(O)=C3N3CCCCC3)c(OCc3ccccc3F)c12. The first-order valence-electron chi connectivity index (χ1n) is 13.0. The summed E-state index contributed by atoms with van der Waals surface area (Å²) in [4.78, 5) is 11.1. The number of para-hydroxylation sites is 1. The molecule has 9 nitrogen and oxygen atoms in total. The summed E-state index contributed by atoms with van der Waals surface area (Å²) in [6, 6.07) is 16.0. The quantitative estimate of drug-likeness (QED) is 0.340. The van der Waals surface area contributed by atoms with E-state index in [9.17, 15) is 14.6 Å². The van der Waals surface area contributed by atoms with Gasteiger partial charge in [0.05, 0.1) is 28.7 Å². The number of aliphatic imine (C=N–C) groups is 1. The van der Waals surface area contributed by atoms with Crippen molar-refractivity contribution in [2.75, 3.05) is 13.1 Å². The van der Waals surface area contributed by atoms with E-state index in [0.717, 1.165) is 24.9 Å². The van der Waals surface area contributed by atoms with Crippen molar-refractivity contribution in [1.82, 2.24) is 25.0 Å². The van der Waals surface area contributed by atoms with Crippen molar-refractivity contribution in [2.24, 2.45) is 4.99 Å². The molecule has 2 aromatic heterocycles. The molecule has 1 fully saturated rings. The van der Waals surface area contributed by atoms with Crippen LogP contribution in [0.5, 0.6) is 5.75 Å². The van der Waals surface area contributed by atoms with Crippen molar-refractivity contribution >= 4 is 17.4 Å². The minimum atomic E-state index is -2.00. The smallest absolute Gasteiger partial charge is 0.235 e. The van der Waals surface area contributed by atoms with Crippen molar-refractivity contribution in [2.45, 2.75) is 38.5 Å². The van der Waals surface area contributed by atoms with Crippen LogP contribution in [0.4, 0.5) is 4.39 Å². The minimum absolute atomic E-state index is 0.0957. The van der Waals surface area contributed by atoms with Gasteiger partial charge < -0.3 is 25.2 Å². The van der Waals surface area contributed by atoms with Gasteiger partial charge in [0.2, 0.25) is 11.6 Å². The molecule has 0 spiro atoms. The molecule has 0 saturated carbocycles. The number of pyridine rings is 1. The van der Waals surface area contributed by atoms with Gasteiger partial charge in [0, 0.05) is 24.8 Å². The fourth-order valence-corrected chi connectivity index (χ4v) is 5.30. The first kappa shape index (κ1) is 24.9. The number of aliphatic hydroxyl groups is 2. The number of aryl methyl sites for hydroxylation is 1. The second-order valence-electron chi connectivity index (χ2n) is 9.73. The average Bonchev–Trinajstić information content (AvgIpc) is 3.30. The number of halogens is 1. The Bertz CT molecular complexity index is 1580. The van der Waals surface area contributed by atoms with E-state index >= 15 is 0 Å². The molecule has 0 radical (unpaired) electrons. The fraction of sp³-hybridized carbons (Fsp3) is 0.276. The molecule has 2 aromatic carbocycles. The van der Waals surface area contributed by atoms with Crippen molar-refractivity contribution in [3.8, 4) is 11.4 Å². The van der Waals surface area contributed by atoms with E-state index in [1.165, 1.54) is 18.6 Å². The van der Waals surface area contributed by atoms with Crippen LogP contribution in [0.1, 0.15) is 36.1 Å². The fourth-order valence-electron chi connectivity index (χ4n) is 5.30. The van der Waals surface area contributed by atoms with Crippen molar-refractivity contribution < 1.29 is 19.3 Å². The largest absolute Gasteiger partial charge is 0.493 e. The number of hydrogen-bond donors (Lipinski definition) is 3. The van der Waals surface area contributed by atoms with Gasteiger partial charge in [0.1, 0.15) is 23.9 Å². The molecule has 0 amide bonds. The Labute approximate surface area is 224 Å². The number of benzene rings is 2. The standard InChI is InChI=1S/C29H29FN6O3/c1-19-24-25(39-17-20-10-6-7-13-23(20)30)22(16-31-27(24)36(34-19)21-11-4-2-5-12-21)29(38)26(28(37)32-18-33-29)35-14-8-3-9-15-35/h2,4-7,10-13,16,18,37-38H,3,8-9,14-15,17H2,1H3,(H,32,33). The lowest BCUT2D eigenvalue weighted by Crippen LogP contribution is -2.45. The highest BCUT2D eigenvalue weighted by Crippen LogP contribution is 2.44. The van der Waals surface area contributed by atoms with Crippen molar-refractivity contribution in [3.63, 3.8) is 0 Å². The van der Waals surface area contributed by atoms with Crippen LogP contribution in [0, 0.1) is 12.7 Å². The van der Waals surface area contributed by atoms with Crippen LogP contribution in [0.15, 0.2) is 77.4 Å². The third kappa shape index (κ3) is 4.36. The topological polar surface area (TPSA) is 108 Å². The van der Waals surface area contributed by atoms with Gasteiger partial charge in [-0.3, -0.25) is 0 Å². The first-order valence-corrected chi connectivity index (χ1v) is 13.0. The van der Waals surface area contributed by atoms with Gasteiger partial charge in [-0.15, -0.1) is 0 Å². The zero-order valence-corrected chi connectivity index (χ0v) is 21.5. The number of piperidine rings is 1. The molecule has 1 unspecified atom stereocenters. The summed E-state index contributed by atoms with van der Waals surface area (Å²) >= 11 is 0. The molecule has 200 valence electrons. The number of aromatic nitrogens is 3. The minimum Gasteiger partial charge on any atom is -0.493 e. The summed E-state index contributed by atoms with van der Waals surface area (Å²) < 4.78 is 22.6. The summed E-state index contributed by atoms with van der Waals surface area (Å²) in [6.45, 7) is 3.05. The average molecular weight is 529 g/mol. The number of rotatable bonds is 6. The Balaban J connectivity index is 1.55. The van der Waals surface area contributed by atoms with Crippen molar-refractivity contribution in [1.29, 1.82) is 0 Å². The van der Waals surface area contributed by atoms with E-state index in [0.29, 0.717) is 35.4 Å². The van der Waals surface area contributed by atoms with E-state index in [1.54, 1.807) is 22.9 Å². The van der Waals surface area contributed by atoms with Crippen molar-refractivity contribution in [3.05, 3.63) is 95.0 Å². The molecular formula is C29H29FN6O3. The third-order valence-corrected chi connectivity index (χ3v) is 7.21. The molecule has 39 heavy (non-hydrogen) atoms. The van der Waals surface area contributed by atoms with E-state index in [1.807, 2.05) is 42.2 Å². The summed E-state index contributed by atoms with van der Waals surface area (Å²) in [5, 5.41) is 31.1. The van der Waals surface area contributed by atoms with Crippen LogP contribution in [-0.2, 0) is 12.3 Å². The summed E-state index contributed by atoms with van der Waals surface area (Å²) in [7, 11) is 0. The molecule has 10 heteroatoms. The van der Waals surface area contributed by atoms with Gasteiger partial charge in [-0.25, -0.2) is 19.0 Å². The number of hydrogen-bond acceptors (Lipinski definition) is 8. The lowest BCUT2D eigenvalue weighted by molar-refractivity contribution is 0.0326. The highest BCUT2D eigenvalue weighted by atomic mass is 19.1. The summed E-state index contributed by atoms with van der Waals surface area (Å²) in [6.07, 6.45) is 5.68. The molecule has 0 aliphatic carbocycles. The van der Waals surface area contributed by atoms with Crippen LogP contribution in [-0.4, -0.2) is 49.3 Å². The van der Waals surface area contributed by atoms with Gasteiger partial charge in [-0.1, -0.05) is 36.4 Å². The number of likely N-dealkylation sites (tertiary alicyclic amines) is 1. The normalized spacial score (nSPS) is 19.4. The molecule has 1 saturated heterocycles. The monoisotopic (exact) mass is 528 g/mol. The molecule has 2 aliphatic rings. The van der Waals surface area contributed by atoms with E-state index < -0.39 is 11.5 Å². The predicted molar refractivity (Wildman–Crippen MR) is 145 cm³/mol. The first-order chi connectivity index (χ1) is 19.0. The maximum absolute atomic E-state index is 14.6. The Morgan fingerprint density at radius 3 is 2.56 bits per heavy atom. The number of nitrogens with zero attached hydrogens (tertiary/aromatic N) is 5. The zero-order chi connectivity index (χ0) is 27.0. The van der Waals surface area contributed by atoms with Crippen LogP contribution < -0.4 is 10.1 Å². The van der Waals surface area contributed by atoms with Gasteiger partial charge in [-0.2, -0.15) is 5.10 Å². The number of fused-ring (bicyclic) bond motifs is 1. The van der Waals surface area contributed by atoms with Crippen LogP contribution in [0.3, 0.4) is 0 Å². The Morgan fingerprint density at radius 2 is 1.79 bits per heavy atom. The maximum atomic E-state index is 14.6. The van der Waals surface area contributed by atoms with E-state index in [2.05, 4.69) is 10.3 Å². The predicted octanol–water partition coefficient (Wildman–Crippen LogP) is 4.44. The molecule has 0 bridgehead atoms. The Kier molecular flexibility index (Phi) is 6.40. The third-order valence-electron chi connectivity index (χ3n) is 7.21. The number of ether oxygens (including phenoxy) is 1. The second-order valence-corrected chi connectivity index (χ2v) is 9.73. The lowest BCUT2D eigenvalue weighted by Gasteiger charge is -2.40. The molecular weight excluding hydrogens is 499 g/mol. The van der Waals surface area contributed by atoms with Gasteiger partial charge >= 0.3 is 0 Å². The molecule has 6 rings (SSSR count). The summed E-state index contributed by atoms with van der Waals surface area (Å²) in [5.41, 5.74) is 0.750. The highest BCUT2D eigenvalue weighted by Gasteiger charge is 2.45. The maximum Gasteiger partial charge on any atom is 0.235 e. The highest BCUT2D eigenvalue weighted by molar-refractivity contribution is 5.88. The van der Waals surface area contributed by atoms with E-state index in [-0.39, 0.29) is 29.5 Å². The van der Waals surface area contributed by atoms with Gasteiger partial charge in [0.15, 0.2) is 5.65 Å². The van der Waals surface area contributed by atoms with Gasteiger partial charge in [-0.05, 0) is 44.4 Å². The van der Waals surface area contributed by atoms with Crippen LogP contribution >= 0.6 is 0 Å². The zero-order valence-electron chi connectivity index (χ0n) is 21.5. The Morgan fingerprint density at radius 1 is 1.05 bits per heavy atom. The van der Waals surface area contributed by atoms with Crippen LogP contribution in [0.2, 0.25) is 0 Å². The molecule has 1 atom stereocenters. The van der Waals surface area contributed by atoms with Gasteiger partial charge in [0.25, 0.3) is 0 Å². The van der Waals surface area contributed by atoms with Crippen LogP contribution in [0.25, 0.3) is 16.7 Å². The van der Waals surface area contributed by atoms with E-state index in [4.69, 9.17) is 14.8 Å².